The summed E-state index contributed by atoms with van der Waals surface area (Å²) in [6.07, 6.45) is 6.53. The van der Waals surface area contributed by atoms with Gasteiger partial charge in [-0.1, -0.05) is 6.07 Å². The van der Waals surface area contributed by atoms with Crippen molar-refractivity contribution in [2.75, 3.05) is 18.5 Å². The monoisotopic (exact) mass is 312 g/mol. The van der Waals surface area contributed by atoms with E-state index >= 15 is 0 Å². The highest BCUT2D eigenvalue weighted by atomic mass is 16.5. The highest BCUT2D eigenvalue weighted by molar-refractivity contribution is 6.02. The van der Waals surface area contributed by atoms with Crippen molar-refractivity contribution >= 4 is 17.7 Å². The van der Waals surface area contributed by atoms with Gasteiger partial charge in [-0.2, -0.15) is 0 Å². The third-order valence-electron chi connectivity index (χ3n) is 2.93. The fourth-order valence-corrected chi connectivity index (χ4v) is 1.97. The first kappa shape index (κ1) is 16.5. The lowest BCUT2D eigenvalue weighted by molar-refractivity contribution is -0.111. The highest BCUT2D eigenvalue weighted by Gasteiger charge is 2.08. The van der Waals surface area contributed by atoms with Crippen LogP contribution in [0.5, 0.6) is 11.5 Å². The van der Waals surface area contributed by atoms with Gasteiger partial charge in [-0.3, -0.25) is 9.78 Å². The zero-order valence-electron chi connectivity index (χ0n) is 13.3. The number of carbonyl (C=O) groups is 1. The molecule has 23 heavy (non-hydrogen) atoms. The van der Waals surface area contributed by atoms with Crippen LogP contribution >= 0.6 is 0 Å². The molecule has 0 saturated carbocycles. The molecule has 5 nitrogen and oxygen atoms in total. The third-order valence-corrected chi connectivity index (χ3v) is 2.93. The fourth-order valence-electron chi connectivity index (χ4n) is 1.97. The number of pyridine rings is 1. The molecule has 0 aliphatic rings. The van der Waals surface area contributed by atoms with Crippen LogP contribution < -0.4 is 14.8 Å². The van der Waals surface area contributed by atoms with Gasteiger partial charge in [0.05, 0.1) is 18.9 Å². The van der Waals surface area contributed by atoms with Crippen molar-refractivity contribution in [2.24, 2.45) is 0 Å². The van der Waals surface area contributed by atoms with Crippen LogP contribution in [0.1, 0.15) is 19.4 Å². The second-order valence-electron chi connectivity index (χ2n) is 4.63. The normalized spacial score (nSPS) is 10.5. The number of aromatic nitrogens is 1. The van der Waals surface area contributed by atoms with Crippen molar-refractivity contribution in [3.63, 3.8) is 0 Å². The number of nitrogens with one attached hydrogen (secondary N) is 1. The lowest BCUT2D eigenvalue weighted by atomic mass is 10.2. The summed E-state index contributed by atoms with van der Waals surface area (Å²) in [6, 6.07) is 9.04. The molecule has 0 aliphatic heterocycles. The molecule has 1 N–H and O–H groups in total. The van der Waals surface area contributed by atoms with E-state index in [0.29, 0.717) is 30.4 Å². The van der Waals surface area contributed by atoms with E-state index in [9.17, 15) is 4.79 Å². The Morgan fingerprint density at radius 2 is 2.04 bits per heavy atom. The minimum atomic E-state index is -0.247. The molecule has 1 aromatic heterocycles. The van der Waals surface area contributed by atoms with Gasteiger partial charge >= 0.3 is 0 Å². The Hall–Kier alpha value is -2.82. The first-order valence-corrected chi connectivity index (χ1v) is 7.51. The Morgan fingerprint density at radius 1 is 1.22 bits per heavy atom. The Balaban J connectivity index is 2.11. The van der Waals surface area contributed by atoms with Crippen LogP contribution in [0.15, 0.2) is 48.8 Å². The van der Waals surface area contributed by atoms with E-state index in [1.807, 2.05) is 32.0 Å². The molecule has 1 aromatic carbocycles. The van der Waals surface area contributed by atoms with Crippen molar-refractivity contribution < 1.29 is 14.3 Å². The quantitative estimate of drug-likeness (QED) is 0.795. The zero-order valence-corrected chi connectivity index (χ0v) is 13.3. The lowest BCUT2D eigenvalue weighted by Gasteiger charge is -2.12. The van der Waals surface area contributed by atoms with E-state index in [1.54, 1.807) is 30.6 Å². The molecule has 5 heteroatoms. The molecular formula is C18H20N2O3. The number of hydrogen-bond acceptors (Lipinski definition) is 4. The molecule has 0 bridgehead atoms. The van der Waals surface area contributed by atoms with Gasteiger partial charge < -0.3 is 14.8 Å². The number of nitrogens with zero attached hydrogens (tertiary/aromatic N) is 1. The minimum absolute atomic E-state index is 0.247. The highest BCUT2D eigenvalue weighted by Crippen LogP contribution is 2.29. The zero-order chi connectivity index (χ0) is 16.5. The summed E-state index contributed by atoms with van der Waals surface area (Å²) in [7, 11) is 0. The standard InChI is InChI=1S/C18H20N2O3/c1-3-22-15-8-9-17(23-4-2)16(12-15)20-18(21)10-7-14-6-5-11-19-13-14/h5-13H,3-4H2,1-2H3,(H,20,21)/b10-7+. The average molecular weight is 312 g/mol. The maximum Gasteiger partial charge on any atom is 0.248 e. The molecule has 2 rings (SSSR count). The molecule has 0 atom stereocenters. The number of rotatable bonds is 7. The summed E-state index contributed by atoms with van der Waals surface area (Å²) < 4.78 is 11.0. The molecule has 1 amide bonds. The SMILES string of the molecule is CCOc1ccc(OCC)c(NC(=O)/C=C/c2cccnc2)c1. The smallest absolute Gasteiger partial charge is 0.248 e. The van der Waals surface area contributed by atoms with Gasteiger partial charge in [-0.25, -0.2) is 0 Å². The van der Waals surface area contributed by atoms with Crippen LogP contribution in [-0.2, 0) is 4.79 Å². The van der Waals surface area contributed by atoms with Gasteiger partial charge in [0.1, 0.15) is 11.5 Å². The van der Waals surface area contributed by atoms with E-state index in [4.69, 9.17) is 9.47 Å². The van der Waals surface area contributed by atoms with Gasteiger partial charge in [0.15, 0.2) is 0 Å². The van der Waals surface area contributed by atoms with E-state index in [0.717, 1.165) is 5.56 Å². The van der Waals surface area contributed by atoms with Crippen LogP contribution in [0.2, 0.25) is 0 Å². The minimum Gasteiger partial charge on any atom is -0.494 e. The van der Waals surface area contributed by atoms with E-state index in [2.05, 4.69) is 10.3 Å². The maximum absolute atomic E-state index is 12.1. The fraction of sp³-hybridized carbons (Fsp3) is 0.222. The second kappa shape index (κ2) is 8.58. The average Bonchev–Trinajstić information content (AvgIpc) is 2.57. The first-order chi connectivity index (χ1) is 11.2. The van der Waals surface area contributed by atoms with Crippen LogP contribution in [-0.4, -0.2) is 24.1 Å². The molecule has 0 radical (unpaired) electrons. The Morgan fingerprint density at radius 3 is 2.74 bits per heavy atom. The summed E-state index contributed by atoms with van der Waals surface area (Å²) in [4.78, 5) is 16.1. The van der Waals surface area contributed by atoms with E-state index < -0.39 is 0 Å². The van der Waals surface area contributed by atoms with Crippen molar-refractivity contribution in [3.05, 3.63) is 54.4 Å². The van der Waals surface area contributed by atoms with Gasteiger partial charge in [-0.05, 0) is 43.7 Å². The van der Waals surface area contributed by atoms with Gasteiger partial charge in [0.2, 0.25) is 5.91 Å². The summed E-state index contributed by atoms with van der Waals surface area (Å²) in [5.41, 5.74) is 1.44. The molecular weight excluding hydrogens is 292 g/mol. The van der Waals surface area contributed by atoms with Crippen LogP contribution in [0.25, 0.3) is 6.08 Å². The molecule has 0 fully saturated rings. The van der Waals surface area contributed by atoms with Crippen LogP contribution in [0.4, 0.5) is 5.69 Å². The van der Waals surface area contributed by atoms with Gasteiger partial charge in [-0.15, -0.1) is 0 Å². The molecule has 1 heterocycles. The van der Waals surface area contributed by atoms with E-state index in [1.165, 1.54) is 6.08 Å². The van der Waals surface area contributed by atoms with Crippen molar-refractivity contribution in [1.29, 1.82) is 0 Å². The van der Waals surface area contributed by atoms with Crippen LogP contribution in [0.3, 0.4) is 0 Å². The summed E-state index contributed by atoms with van der Waals surface area (Å²) in [5.74, 6) is 1.05. The first-order valence-electron chi connectivity index (χ1n) is 7.51. The molecule has 0 spiro atoms. The second-order valence-corrected chi connectivity index (χ2v) is 4.63. The topological polar surface area (TPSA) is 60.5 Å². The van der Waals surface area contributed by atoms with Gasteiger partial charge in [0, 0.05) is 24.5 Å². The van der Waals surface area contributed by atoms with Crippen LogP contribution in [0, 0.1) is 0 Å². The number of anilines is 1. The number of ether oxygens (including phenoxy) is 2. The number of amides is 1. The Bertz CT molecular complexity index is 669. The van der Waals surface area contributed by atoms with Crippen molar-refractivity contribution in [1.82, 2.24) is 4.98 Å². The Kier molecular flexibility index (Phi) is 6.17. The molecule has 2 aromatic rings. The third kappa shape index (κ3) is 5.14. The molecule has 0 saturated heterocycles. The predicted octanol–water partition coefficient (Wildman–Crippen LogP) is 3.53. The summed E-state index contributed by atoms with van der Waals surface area (Å²) in [6.45, 7) is 4.88. The van der Waals surface area contributed by atoms with E-state index in [-0.39, 0.29) is 5.91 Å². The largest absolute Gasteiger partial charge is 0.494 e. The molecule has 0 unspecified atom stereocenters. The Labute approximate surface area is 136 Å². The molecule has 120 valence electrons. The van der Waals surface area contributed by atoms with Crippen molar-refractivity contribution in [2.45, 2.75) is 13.8 Å². The summed E-state index contributed by atoms with van der Waals surface area (Å²) in [5, 5.41) is 2.81. The number of carbonyl (C=O) groups excluding carboxylic acids is 1. The summed E-state index contributed by atoms with van der Waals surface area (Å²) >= 11 is 0. The molecule has 0 aliphatic carbocycles. The predicted molar refractivity (Wildman–Crippen MR) is 90.7 cm³/mol. The number of benzene rings is 1. The maximum atomic E-state index is 12.1. The lowest BCUT2D eigenvalue weighted by Crippen LogP contribution is -2.10. The van der Waals surface area contributed by atoms with Gasteiger partial charge in [0.25, 0.3) is 0 Å². The number of hydrogen-bond donors (Lipinski definition) is 1. The van der Waals surface area contributed by atoms with Crippen molar-refractivity contribution in [3.8, 4) is 11.5 Å².